The first-order chi connectivity index (χ1) is 13.2. The molecule has 0 aliphatic carbocycles. The maximum atomic E-state index is 12.8. The zero-order valence-corrected chi connectivity index (χ0v) is 16.7. The van der Waals surface area contributed by atoms with Crippen molar-refractivity contribution in [3.63, 3.8) is 0 Å². The second kappa shape index (κ2) is 10.4. The fraction of sp³-hybridized carbons (Fsp3) is 0.667. The minimum atomic E-state index is 0.217. The Bertz CT molecular complexity index is 607. The first-order valence-corrected chi connectivity index (χ1v) is 10.5. The molecule has 2 saturated heterocycles. The highest BCUT2D eigenvalue weighted by Crippen LogP contribution is 2.27. The van der Waals surface area contributed by atoms with E-state index in [0.717, 1.165) is 75.7 Å². The molecule has 1 aromatic carbocycles. The van der Waals surface area contributed by atoms with Crippen molar-refractivity contribution < 1.29 is 14.6 Å². The van der Waals surface area contributed by atoms with Crippen molar-refractivity contribution in [3.8, 4) is 0 Å². The number of carbonyl (C=O) groups excluding carboxylic acids is 1. The average Bonchev–Trinajstić information content (AvgIpc) is 2.71. The predicted molar refractivity (Wildman–Crippen MR) is 107 cm³/mol. The summed E-state index contributed by atoms with van der Waals surface area (Å²) in [7, 11) is 0. The number of aliphatic hydroxyl groups excluding tert-OH is 1. The molecule has 2 atom stereocenters. The molecule has 0 radical (unpaired) electrons. The van der Waals surface area contributed by atoms with Gasteiger partial charge in [0.15, 0.2) is 0 Å². The number of hydrogen-bond acceptors (Lipinski definition) is 4. The van der Waals surface area contributed by atoms with Crippen LogP contribution >= 0.6 is 11.6 Å². The van der Waals surface area contributed by atoms with Crippen molar-refractivity contribution in [3.05, 3.63) is 34.9 Å². The van der Waals surface area contributed by atoms with Crippen molar-refractivity contribution >= 4 is 17.5 Å². The van der Waals surface area contributed by atoms with Crippen LogP contribution in [0.4, 0.5) is 0 Å². The number of ether oxygens (including phenoxy) is 1. The quantitative estimate of drug-likeness (QED) is 0.772. The van der Waals surface area contributed by atoms with E-state index in [0.29, 0.717) is 18.4 Å². The maximum absolute atomic E-state index is 12.8. The number of aryl methyl sites for hydroxylation is 1. The summed E-state index contributed by atoms with van der Waals surface area (Å²) < 4.78 is 5.49. The van der Waals surface area contributed by atoms with E-state index in [2.05, 4.69) is 4.90 Å². The number of halogens is 1. The van der Waals surface area contributed by atoms with Gasteiger partial charge in [0.2, 0.25) is 5.91 Å². The maximum Gasteiger partial charge on any atom is 0.222 e. The molecule has 2 unspecified atom stereocenters. The van der Waals surface area contributed by atoms with E-state index in [-0.39, 0.29) is 12.5 Å². The van der Waals surface area contributed by atoms with Crippen LogP contribution in [0.15, 0.2) is 24.3 Å². The summed E-state index contributed by atoms with van der Waals surface area (Å²) in [6.07, 6.45) is 4.03. The smallest absolute Gasteiger partial charge is 0.222 e. The fourth-order valence-corrected chi connectivity index (χ4v) is 4.59. The molecule has 2 aliphatic rings. The molecule has 0 bridgehead atoms. The summed E-state index contributed by atoms with van der Waals surface area (Å²) >= 11 is 6.04. The summed E-state index contributed by atoms with van der Waals surface area (Å²) in [6.45, 7) is 5.39. The Morgan fingerprint density at radius 1 is 1.26 bits per heavy atom. The molecule has 1 amide bonds. The molecule has 3 rings (SSSR count). The van der Waals surface area contributed by atoms with Crippen LogP contribution < -0.4 is 0 Å². The van der Waals surface area contributed by atoms with Gasteiger partial charge in [-0.05, 0) is 49.3 Å². The average molecular weight is 395 g/mol. The molecule has 1 N–H and O–H groups in total. The summed E-state index contributed by atoms with van der Waals surface area (Å²) in [5.41, 5.74) is 1.11. The largest absolute Gasteiger partial charge is 0.396 e. The Labute approximate surface area is 167 Å². The van der Waals surface area contributed by atoms with Crippen molar-refractivity contribution in [1.82, 2.24) is 9.80 Å². The molecule has 1 aromatic rings. The molecule has 150 valence electrons. The van der Waals surface area contributed by atoms with Gasteiger partial charge in [0, 0.05) is 50.3 Å². The van der Waals surface area contributed by atoms with Crippen LogP contribution in [-0.2, 0) is 16.0 Å². The van der Waals surface area contributed by atoms with Crippen molar-refractivity contribution in [1.29, 1.82) is 0 Å². The van der Waals surface area contributed by atoms with E-state index in [1.54, 1.807) is 0 Å². The highest BCUT2D eigenvalue weighted by molar-refractivity contribution is 6.30. The number of aliphatic hydroxyl groups is 1. The number of morpholine rings is 1. The van der Waals surface area contributed by atoms with Crippen LogP contribution in [0.25, 0.3) is 0 Å². The lowest BCUT2D eigenvalue weighted by Gasteiger charge is -2.45. The Morgan fingerprint density at radius 2 is 2.07 bits per heavy atom. The zero-order valence-electron chi connectivity index (χ0n) is 16.0. The van der Waals surface area contributed by atoms with Gasteiger partial charge in [-0.25, -0.2) is 0 Å². The third-order valence-electron chi connectivity index (χ3n) is 5.81. The second-order valence-corrected chi connectivity index (χ2v) is 8.04. The Morgan fingerprint density at radius 3 is 2.81 bits per heavy atom. The van der Waals surface area contributed by atoms with Crippen LogP contribution in [-0.4, -0.2) is 72.9 Å². The second-order valence-electron chi connectivity index (χ2n) is 7.60. The van der Waals surface area contributed by atoms with E-state index >= 15 is 0 Å². The third-order valence-corrected chi connectivity index (χ3v) is 6.05. The highest BCUT2D eigenvalue weighted by atomic mass is 35.5. The predicted octanol–water partition coefficient (Wildman–Crippen LogP) is 2.59. The molecular weight excluding hydrogens is 364 g/mol. The molecule has 5 nitrogen and oxygen atoms in total. The van der Waals surface area contributed by atoms with Gasteiger partial charge in [-0.3, -0.25) is 9.69 Å². The number of hydrogen-bond donors (Lipinski definition) is 1. The highest BCUT2D eigenvalue weighted by Gasteiger charge is 2.34. The number of likely N-dealkylation sites (tertiary alicyclic amines) is 1. The molecule has 2 fully saturated rings. The summed E-state index contributed by atoms with van der Waals surface area (Å²) in [5, 5.41) is 9.99. The number of rotatable bonds is 7. The van der Waals surface area contributed by atoms with Gasteiger partial charge in [-0.1, -0.05) is 23.7 Å². The number of nitrogens with zero attached hydrogens (tertiary/aromatic N) is 2. The minimum Gasteiger partial charge on any atom is -0.396 e. The van der Waals surface area contributed by atoms with E-state index in [4.69, 9.17) is 16.3 Å². The topological polar surface area (TPSA) is 53.0 Å². The molecule has 2 heterocycles. The normalized spacial score (nSPS) is 24.1. The molecule has 27 heavy (non-hydrogen) atoms. The zero-order chi connectivity index (χ0) is 19.1. The van der Waals surface area contributed by atoms with Gasteiger partial charge in [0.25, 0.3) is 0 Å². The first-order valence-electron chi connectivity index (χ1n) is 10.1. The van der Waals surface area contributed by atoms with Gasteiger partial charge >= 0.3 is 0 Å². The Hall–Kier alpha value is -1.14. The van der Waals surface area contributed by atoms with Gasteiger partial charge < -0.3 is 14.7 Å². The lowest BCUT2D eigenvalue weighted by Crippen LogP contribution is -2.55. The van der Waals surface area contributed by atoms with E-state index in [9.17, 15) is 9.90 Å². The van der Waals surface area contributed by atoms with Gasteiger partial charge in [-0.2, -0.15) is 0 Å². The summed E-state index contributed by atoms with van der Waals surface area (Å²) in [5.74, 6) is 0.656. The van der Waals surface area contributed by atoms with Crippen molar-refractivity contribution in [2.75, 3.05) is 46.0 Å². The van der Waals surface area contributed by atoms with E-state index < -0.39 is 0 Å². The number of amides is 1. The van der Waals surface area contributed by atoms with Crippen LogP contribution in [0.2, 0.25) is 5.02 Å². The number of piperidine rings is 1. The van der Waals surface area contributed by atoms with Crippen LogP contribution in [0.5, 0.6) is 0 Å². The monoisotopic (exact) mass is 394 g/mol. The van der Waals surface area contributed by atoms with Gasteiger partial charge in [0.1, 0.15) is 0 Å². The Kier molecular flexibility index (Phi) is 7.94. The van der Waals surface area contributed by atoms with Crippen LogP contribution in [0, 0.1) is 5.92 Å². The lowest BCUT2D eigenvalue weighted by molar-refractivity contribution is -0.134. The van der Waals surface area contributed by atoms with Gasteiger partial charge in [0.05, 0.1) is 13.2 Å². The summed E-state index contributed by atoms with van der Waals surface area (Å²) in [4.78, 5) is 17.3. The molecular formula is C21H31ClN2O3. The number of benzene rings is 1. The fourth-order valence-electron chi connectivity index (χ4n) is 4.38. The molecule has 0 spiro atoms. The SMILES string of the molecule is O=C(CCc1cccc(Cl)c1)N1CCC(N2CCOCC2)C(CCCO)C1. The molecule has 0 aromatic heterocycles. The van der Waals surface area contributed by atoms with E-state index in [1.165, 1.54) is 0 Å². The molecule has 2 aliphatic heterocycles. The first kappa shape index (κ1) is 20.6. The van der Waals surface area contributed by atoms with Gasteiger partial charge in [-0.15, -0.1) is 0 Å². The molecule has 0 saturated carbocycles. The summed E-state index contributed by atoms with van der Waals surface area (Å²) in [6, 6.07) is 8.24. The minimum absolute atomic E-state index is 0.217. The van der Waals surface area contributed by atoms with E-state index in [1.807, 2.05) is 29.2 Å². The molecule has 6 heteroatoms. The number of carbonyl (C=O) groups is 1. The standard InChI is InChI=1S/C21H31ClN2O3/c22-19-5-1-3-17(15-19)6-7-21(26)24-9-8-20(18(16-24)4-2-12-25)23-10-13-27-14-11-23/h1,3,5,15,18,20,25H,2,4,6-14,16H2. The lowest BCUT2D eigenvalue weighted by atomic mass is 9.86. The van der Waals surface area contributed by atoms with Crippen LogP contribution in [0.1, 0.15) is 31.2 Å². The van der Waals surface area contributed by atoms with Crippen molar-refractivity contribution in [2.45, 2.75) is 38.1 Å². The van der Waals surface area contributed by atoms with Crippen molar-refractivity contribution in [2.24, 2.45) is 5.92 Å². The van der Waals surface area contributed by atoms with Crippen LogP contribution in [0.3, 0.4) is 0 Å². The third kappa shape index (κ3) is 5.92. The Balaban J connectivity index is 1.55.